The number of hydrogen-bond donors (Lipinski definition) is 1. The number of likely N-dealkylation sites (tertiary alicyclic amines) is 1. The van der Waals surface area contributed by atoms with Crippen LogP contribution >= 0.6 is 0 Å². The highest BCUT2D eigenvalue weighted by atomic mass is 16.4. The fourth-order valence-electron chi connectivity index (χ4n) is 3.98. The predicted molar refractivity (Wildman–Crippen MR) is 83.3 cm³/mol. The summed E-state index contributed by atoms with van der Waals surface area (Å²) >= 11 is 0. The third-order valence-corrected chi connectivity index (χ3v) is 5.11. The first-order chi connectivity index (χ1) is 10.2. The van der Waals surface area contributed by atoms with Crippen LogP contribution in [0.3, 0.4) is 0 Å². The lowest BCUT2D eigenvalue weighted by molar-refractivity contribution is -0.137. The maximum absolute atomic E-state index is 10.7. The molecular weight excluding hydrogens is 262 g/mol. The van der Waals surface area contributed by atoms with E-state index in [0.29, 0.717) is 18.4 Å². The number of fused-ring (bicyclic) bond motifs is 1. The number of carboxylic acids is 1. The van der Waals surface area contributed by atoms with E-state index in [9.17, 15) is 4.79 Å². The number of hydrogen-bond acceptors (Lipinski definition) is 2. The van der Waals surface area contributed by atoms with Crippen molar-refractivity contribution in [3.8, 4) is 0 Å². The molecule has 2 unspecified atom stereocenters. The molecule has 1 aliphatic carbocycles. The molecule has 114 valence electrons. The zero-order valence-corrected chi connectivity index (χ0v) is 12.6. The molecule has 2 aliphatic rings. The predicted octanol–water partition coefficient (Wildman–Crippen LogP) is 3.64. The second kappa shape index (κ2) is 6.61. The lowest BCUT2D eigenvalue weighted by atomic mass is 9.98. The number of carboxylic acid groups (broad SMARTS) is 1. The normalized spacial score (nSPS) is 26.3. The van der Waals surface area contributed by atoms with Gasteiger partial charge in [-0.3, -0.25) is 9.69 Å². The number of aryl methyl sites for hydroxylation is 1. The molecule has 0 amide bonds. The average molecular weight is 287 g/mol. The Bertz CT molecular complexity index is 500. The zero-order valence-electron chi connectivity index (χ0n) is 12.6. The summed E-state index contributed by atoms with van der Waals surface area (Å²) in [6.07, 6.45) is 7.37. The van der Waals surface area contributed by atoms with E-state index in [1.165, 1.54) is 36.8 Å². The summed E-state index contributed by atoms with van der Waals surface area (Å²) in [6, 6.07) is 9.45. The van der Waals surface area contributed by atoms with Gasteiger partial charge in [0, 0.05) is 19.0 Å². The maximum Gasteiger partial charge on any atom is 0.303 e. The first-order valence-electron chi connectivity index (χ1n) is 8.27. The minimum Gasteiger partial charge on any atom is -0.481 e. The first-order valence-corrected chi connectivity index (χ1v) is 8.27. The topological polar surface area (TPSA) is 40.5 Å². The van der Waals surface area contributed by atoms with Crippen LogP contribution in [0.2, 0.25) is 0 Å². The van der Waals surface area contributed by atoms with Crippen molar-refractivity contribution in [3.05, 3.63) is 35.4 Å². The van der Waals surface area contributed by atoms with E-state index in [2.05, 4.69) is 29.2 Å². The van der Waals surface area contributed by atoms with Crippen molar-refractivity contribution in [2.75, 3.05) is 13.1 Å². The highest BCUT2D eigenvalue weighted by Crippen LogP contribution is 2.36. The molecule has 1 N–H and O–H groups in total. The molecule has 3 nitrogen and oxygen atoms in total. The van der Waals surface area contributed by atoms with Crippen LogP contribution in [-0.2, 0) is 11.2 Å². The van der Waals surface area contributed by atoms with Crippen molar-refractivity contribution in [1.29, 1.82) is 0 Å². The summed E-state index contributed by atoms with van der Waals surface area (Å²) in [7, 11) is 0. The summed E-state index contributed by atoms with van der Waals surface area (Å²) in [4.78, 5) is 13.3. The van der Waals surface area contributed by atoms with Crippen LogP contribution in [-0.4, -0.2) is 29.1 Å². The van der Waals surface area contributed by atoms with Crippen molar-refractivity contribution in [3.63, 3.8) is 0 Å². The Morgan fingerprint density at radius 3 is 2.95 bits per heavy atom. The largest absolute Gasteiger partial charge is 0.481 e. The second-order valence-corrected chi connectivity index (χ2v) is 6.54. The second-order valence-electron chi connectivity index (χ2n) is 6.54. The third kappa shape index (κ3) is 3.46. The molecule has 1 aromatic carbocycles. The van der Waals surface area contributed by atoms with Crippen molar-refractivity contribution in [2.45, 2.75) is 51.0 Å². The summed E-state index contributed by atoms with van der Waals surface area (Å²) in [5.74, 6) is -0.0928. The first kappa shape index (κ1) is 14.6. The van der Waals surface area contributed by atoms with Crippen molar-refractivity contribution >= 4 is 5.97 Å². The molecule has 1 heterocycles. The van der Waals surface area contributed by atoms with Gasteiger partial charge in [0.1, 0.15) is 0 Å². The average Bonchev–Trinajstić information content (AvgIpc) is 2.84. The van der Waals surface area contributed by atoms with Gasteiger partial charge in [0.25, 0.3) is 0 Å². The third-order valence-electron chi connectivity index (χ3n) is 5.11. The van der Waals surface area contributed by atoms with Crippen molar-refractivity contribution < 1.29 is 9.90 Å². The molecule has 0 bridgehead atoms. The van der Waals surface area contributed by atoms with Gasteiger partial charge in [0.15, 0.2) is 0 Å². The van der Waals surface area contributed by atoms with Crippen LogP contribution in [0.15, 0.2) is 24.3 Å². The molecule has 1 aliphatic heterocycles. The van der Waals surface area contributed by atoms with Crippen LogP contribution in [0.1, 0.15) is 55.7 Å². The van der Waals surface area contributed by atoms with Crippen molar-refractivity contribution in [2.24, 2.45) is 5.92 Å². The maximum atomic E-state index is 10.7. The smallest absolute Gasteiger partial charge is 0.303 e. The summed E-state index contributed by atoms with van der Waals surface area (Å²) in [5.41, 5.74) is 3.04. The fraction of sp³-hybridized carbons (Fsp3) is 0.611. The molecule has 1 saturated heterocycles. The Labute approximate surface area is 127 Å². The number of benzene rings is 1. The molecule has 2 atom stereocenters. The van der Waals surface area contributed by atoms with Crippen molar-refractivity contribution in [1.82, 2.24) is 4.90 Å². The number of aliphatic carboxylic acids is 1. The van der Waals surface area contributed by atoms with E-state index in [4.69, 9.17) is 5.11 Å². The number of carbonyl (C=O) groups is 1. The summed E-state index contributed by atoms with van der Waals surface area (Å²) < 4.78 is 0. The van der Waals surface area contributed by atoms with E-state index >= 15 is 0 Å². The van der Waals surface area contributed by atoms with E-state index in [0.717, 1.165) is 25.9 Å². The number of rotatable bonds is 4. The minimum atomic E-state index is -0.659. The van der Waals surface area contributed by atoms with Crippen LogP contribution in [0.25, 0.3) is 0 Å². The van der Waals surface area contributed by atoms with Gasteiger partial charge in [-0.25, -0.2) is 0 Å². The molecule has 0 spiro atoms. The van der Waals surface area contributed by atoms with Gasteiger partial charge >= 0.3 is 5.97 Å². The Morgan fingerprint density at radius 2 is 2.10 bits per heavy atom. The summed E-state index contributed by atoms with van der Waals surface area (Å²) in [5, 5.41) is 8.84. The van der Waals surface area contributed by atoms with Crippen LogP contribution < -0.4 is 0 Å². The van der Waals surface area contributed by atoms with Crippen LogP contribution in [0.5, 0.6) is 0 Å². The molecule has 0 aromatic heterocycles. The molecule has 1 fully saturated rings. The van der Waals surface area contributed by atoms with Gasteiger partial charge in [0.2, 0.25) is 0 Å². The molecular formula is C18H25NO2. The lowest BCUT2D eigenvalue weighted by Gasteiger charge is -2.28. The molecule has 3 heteroatoms. The SMILES string of the molecule is O=C(O)CCC1CCN(C2CCCCc3ccccc32)C1. The number of nitrogens with zero attached hydrogens (tertiary/aromatic N) is 1. The Hall–Kier alpha value is -1.35. The van der Waals surface area contributed by atoms with E-state index in [-0.39, 0.29) is 0 Å². The van der Waals surface area contributed by atoms with Gasteiger partial charge in [-0.05, 0) is 55.7 Å². The summed E-state index contributed by atoms with van der Waals surface area (Å²) in [6.45, 7) is 2.20. The molecule has 0 saturated carbocycles. The Kier molecular flexibility index (Phi) is 4.59. The van der Waals surface area contributed by atoms with Gasteiger partial charge in [0.05, 0.1) is 0 Å². The highest BCUT2D eigenvalue weighted by molar-refractivity contribution is 5.66. The zero-order chi connectivity index (χ0) is 14.7. The van der Waals surface area contributed by atoms with E-state index in [1.54, 1.807) is 0 Å². The molecule has 1 aromatic rings. The minimum absolute atomic E-state index is 0.319. The van der Waals surface area contributed by atoms with Gasteiger partial charge in [-0.1, -0.05) is 30.7 Å². The lowest BCUT2D eigenvalue weighted by Crippen LogP contribution is -2.27. The van der Waals surface area contributed by atoms with E-state index < -0.39 is 5.97 Å². The Balaban J connectivity index is 1.68. The monoisotopic (exact) mass is 287 g/mol. The molecule has 0 radical (unpaired) electrons. The van der Waals surface area contributed by atoms with Gasteiger partial charge < -0.3 is 5.11 Å². The molecule has 3 rings (SSSR count). The van der Waals surface area contributed by atoms with Crippen LogP contribution in [0.4, 0.5) is 0 Å². The van der Waals surface area contributed by atoms with Gasteiger partial charge in [-0.2, -0.15) is 0 Å². The van der Waals surface area contributed by atoms with Crippen LogP contribution in [0, 0.1) is 5.92 Å². The standard InChI is InChI=1S/C18H25NO2/c20-18(21)10-9-14-11-12-19(13-14)17-8-4-2-6-15-5-1-3-7-16(15)17/h1,3,5,7,14,17H,2,4,6,8-13H2,(H,20,21). The highest BCUT2D eigenvalue weighted by Gasteiger charge is 2.30. The fourth-order valence-corrected chi connectivity index (χ4v) is 3.98. The van der Waals surface area contributed by atoms with E-state index in [1.807, 2.05) is 0 Å². The Morgan fingerprint density at radius 1 is 1.24 bits per heavy atom. The van der Waals surface area contributed by atoms with Gasteiger partial charge in [-0.15, -0.1) is 0 Å². The quantitative estimate of drug-likeness (QED) is 0.860. The molecule has 21 heavy (non-hydrogen) atoms.